The van der Waals surface area contributed by atoms with E-state index in [-0.39, 0.29) is 5.91 Å². The number of benzene rings is 2. The average Bonchev–Trinajstić information content (AvgIpc) is 3.05. The number of hydrogen-bond donors (Lipinski definition) is 1. The van der Waals surface area contributed by atoms with Gasteiger partial charge in [-0.15, -0.1) is 11.3 Å². The van der Waals surface area contributed by atoms with Gasteiger partial charge in [0.05, 0.1) is 12.3 Å². The molecule has 1 heterocycles. The van der Waals surface area contributed by atoms with E-state index in [0.29, 0.717) is 17.3 Å². The second kappa shape index (κ2) is 7.17. The summed E-state index contributed by atoms with van der Waals surface area (Å²) in [6.45, 7) is 0.483. The molecule has 116 valence electrons. The lowest BCUT2D eigenvalue weighted by Gasteiger charge is -2.04. The molecule has 0 fully saturated rings. The number of thiazole rings is 1. The lowest BCUT2D eigenvalue weighted by atomic mass is 10.1. The summed E-state index contributed by atoms with van der Waals surface area (Å²) in [5.74, 6) is -0.170. The minimum absolute atomic E-state index is 0.170. The molecule has 0 spiro atoms. The van der Waals surface area contributed by atoms with E-state index in [1.165, 1.54) is 11.3 Å². The summed E-state index contributed by atoms with van der Waals surface area (Å²) in [6.07, 6.45) is 0. The summed E-state index contributed by atoms with van der Waals surface area (Å²) >= 11 is 1.41. The van der Waals surface area contributed by atoms with Gasteiger partial charge in [0, 0.05) is 23.6 Å². The molecule has 0 saturated carbocycles. The first kappa shape index (κ1) is 15.4. The summed E-state index contributed by atoms with van der Waals surface area (Å²) in [5.41, 5.74) is 3.45. The minimum atomic E-state index is -0.170. The molecule has 1 N–H and O–H groups in total. The van der Waals surface area contributed by atoms with Crippen LogP contribution in [0.5, 0.6) is 0 Å². The van der Waals surface area contributed by atoms with Gasteiger partial charge in [-0.3, -0.25) is 10.1 Å². The van der Waals surface area contributed by atoms with Crippen molar-refractivity contribution >= 4 is 22.4 Å². The Morgan fingerprint density at radius 1 is 1.17 bits per heavy atom. The molecule has 4 nitrogen and oxygen atoms in total. The van der Waals surface area contributed by atoms with Crippen molar-refractivity contribution in [3.63, 3.8) is 0 Å². The molecule has 1 aromatic heterocycles. The molecule has 2 aromatic carbocycles. The first-order chi connectivity index (χ1) is 11.3. The molecule has 3 rings (SSSR count). The van der Waals surface area contributed by atoms with Crippen LogP contribution in [0.1, 0.15) is 15.9 Å². The molecule has 0 unspecified atom stereocenters. The van der Waals surface area contributed by atoms with Crippen molar-refractivity contribution in [1.82, 2.24) is 4.98 Å². The lowest BCUT2D eigenvalue weighted by molar-refractivity contribution is 0.102. The SMILES string of the molecule is COCc1cccc(C(=O)Nc2nc(-c3ccccc3)cs2)c1. The number of aromatic nitrogens is 1. The van der Waals surface area contributed by atoms with Gasteiger partial charge in [0.15, 0.2) is 5.13 Å². The normalized spacial score (nSPS) is 10.5. The number of nitrogens with zero attached hydrogens (tertiary/aromatic N) is 1. The number of amides is 1. The van der Waals surface area contributed by atoms with Crippen LogP contribution in [-0.4, -0.2) is 18.0 Å². The lowest BCUT2D eigenvalue weighted by Crippen LogP contribution is -2.12. The Labute approximate surface area is 138 Å². The zero-order valence-corrected chi connectivity index (χ0v) is 13.5. The van der Waals surface area contributed by atoms with Gasteiger partial charge in [0.25, 0.3) is 5.91 Å². The molecule has 0 aliphatic heterocycles. The Bertz CT molecular complexity index is 800. The number of ether oxygens (including phenoxy) is 1. The summed E-state index contributed by atoms with van der Waals surface area (Å²) in [7, 11) is 1.63. The molecule has 23 heavy (non-hydrogen) atoms. The van der Waals surface area contributed by atoms with Gasteiger partial charge in [-0.2, -0.15) is 0 Å². The van der Waals surface area contributed by atoms with E-state index in [1.807, 2.05) is 53.9 Å². The van der Waals surface area contributed by atoms with Crippen molar-refractivity contribution in [3.8, 4) is 11.3 Å². The number of nitrogens with one attached hydrogen (secondary N) is 1. The molecule has 5 heteroatoms. The van der Waals surface area contributed by atoms with Crippen LogP contribution in [-0.2, 0) is 11.3 Å². The third kappa shape index (κ3) is 3.83. The van der Waals surface area contributed by atoms with Crippen LogP contribution in [0.15, 0.2) is 60.0 Å². The van der Waals surface area contributed by atoms with E-state index < -0.39 is 0 Å². The Morgan fingerprint density at radius 3 is 2.78 bits per heavy atom. The van der Waals surface area contributed by atoms with Crippen LogP contribution in [0.25, 0.3) is 11.3 Å². The van der Waals surface area contributed by atoms with E-state index in [2.05, 4.69) is 10.3 Å². The maximum absolute atomic E-state index is 12.3. The highest BCUT2D eigenvalue weighted by Gasteiger charge is 2.10. The molecule has 0 aliphatic carbocycles. The van der Waals surface area contributed by atoms with Crippen LogP contribution < -0.4 is 5.32 Å². The maximum atomic E-state index is 12.3. The topological polar surface area (TPSA) is 51.2 Å². The fourth-order valence-electron chi connectivity index (χ4n) is 2.21. The van der Waals surface area contributed by atoms with Gasteiger partial charge in [-0.25, -0.2) is 4.98 Å². The van der Waals surface area contributed by atoms with E-state index >= 15 is 0 Å². The smallest absolute Gasteiger partial charge is 0.257 e. The largest absolute Gasteiger partial charge is 0.380 e. The van der Waals surface area contributed by atoms with Gasteiger partial charge in [-0.1, -0.05) is 42.5 Å². The molecule has 1 amide bonds. The molecule has 0 aliphatic rings. The Morgan fingerprint density at radius 2 is 2.00 bits per heavy atom. The zero-order chi connectivity index (χ0) is 16.1. The molecule has 0 radical (unpaired) electrons. The Balaban J connectivity index is 1.73. The summed E-state index contributed by atoms with van der Waals surface area (Å²) in [5, 5.41) is 5.37. The standard InChI is InChI=1S/C18H16N2O2S/c1-22-11-13-6-5-9-15(10-13)17(21)20-18-19-16(12-23-18)14-7-3-2-4-8-14/h2-10,12H,11H2,1H3,(H,19,20,21). The van der Waals surface area contributed by atoms with Crippen molar-refractivity contribution < 1.29 is 9.53 Å². The molecular weight excluding hydrogens is 308 g/mol. The second-order valence-electron chi connectivity index (χ2n) is 4.99. The van der Waals surface area contributed by atoms with Gasteiger partial charge in [-0.05, 0) is 17.7 Å². The summed E-state index contributed by atoms with van der Waals surface area (Å²) in [4.78, 5) is 16.8. The van der Waals surface area contributed by atoms with Gasteiger partial charge in [0.2, 0.25) is 0 Å². The summed E-state index contributed by atoms with van der Waals surface area (Å²) < 4.78 is 5.09. The van der Waals surface area contributed by atoms with Crippen molar-refractivity contribution in [2.45, 2.75) is 6.61 Å². The third-order valence-corrected chi connectivity index (χ3v) is 4.05. The van der Waals surface area contributed by atoms with Crippen LogP contribution in [0.3, 0.4) is 0 Å². The van der Waals surface area contributed by atoms with Crippen LogP contribution in [0.2, 0.25) is 0 Å². The minimum Gasteiger partial charge on any atom is -0.380 e. The van der Waals surface area contributed by atoms with Crippen molar-refractivity contribution in [1.29, 1.82) is 0 Å². The number of methoxy groups -OCH3 is 1. The maximum Gasteiger partial charge on any atom is 0.257 e. The predicted molar refractivity (Wildman–Crippen MR) is 92.7 cm³/mol. The van der Waals surface area contributed by atoms with Crippen LogP contribution >= 0.6 is 11.3 Å². The number of rotatable bonds is 5. The number of carbonyl (C=O) groups is 1. The highest BCUT2D eigenvalue weighted by Crippen LogP contribution is 2.25. The van der Waals surface area contributed by atoms with E-state index in [9.17, 15) is 4.79 Å². The van der Waals surface area contributed by atoms with Gasteiger partial charge >= 0.3 is 0 Å². The highest BCUT2D eigenvalue weighted by atomic mass is 32.1. The zero-order valence-electron chi connectivity index (χ0n) is 12.7. The molecule has 0 saturated heterocycles. The van der Waals surface area contributed by atoms with Crippen LogP contribution in [0.4, 0.5) is 5.13 Å². The monoisotopic (exact) mass is 324 g/mol. The third-order valence-electron chi connectivity index (χ3n) is 3.29. The summed E-state index contributed by atoms with van der Waals surface area (Å²) in [6, 6.07) is 17.3. The Kier molecular flexibility index (Phi) is 4.80. The van der Waals surface area contributed by atoms with Crippen molar-refractivity contribution in [2.75, 3.05) is 12.4 Å². The Hall–Kier alpha value is -2.50. The number of carbonyl (C=O) groups excluding carboxylic acids is 1. The van der Waals surface area contributed by atoms with Gasteiger partial charge < -0.3 is 4.74 Å². The fourth-order valence-corrected chi connectivity index (χ4v) is 2.93. The first-order valence-corrected chi connectivity index (χ1v) is 8.04. The predicted octanol–water partition coefficient (Wildman–Crippen LogP) is 4.21. The van der Waals surface area contributed by atoms with Gasteiger partial charge in [0.1, 0.15) is 0 Å². The quantitative estimate of drug-likeness (QED) is 0.765. The van der Waals surface area contributed by atoms with E-state index in [0.717, 1.165) is 16.8 Å². The first-order valence-electron chi connectivity index (χ1n) is 7.16. The second-order valence-corrected chi connectivity index (χ2v) is 5.85. The molecular formula is C18H16N2O2S. The number of anilines is 1. The van der Waals surface area contributed by atoms with Crippen molar-refractivity contribution in [3.05, 3.63) is 71.1 Å². The molecule has 0 bridgehead atoms. The van der Waals surface area contributed by atoms with E-state index in [4.69, 9.17) is 4.74 Å². The fraction of sp³-hybridized carbons (Fsp3) is 0.111. The molecule has 0 atom stereocenters. The number of hydrogen-bond acceptors (Lipinski definition) is 4. The molecule has 3 aromatic rings. The average molecular weight is 324 g/mol. The van der Waals surface area contributed by atoms with E-state index in [1.54, 1.807) is 13.2 Å². The van der Waals surface area contributed by atoms with Crippen molar-refractivity contribution in [2.24, 2.45) is 0 Å². The van der Waals surface area contributed by atoms with Crippen LogP contribution in [0, 0.1) is 0 Å². The highest BCUT2D eigenvalue weighted by molar-refractivity contribution is 7.14.